The van der Waals surface area contributed by atoms with Gasteiger partial charge in [-0.3, -0.25) is 4.98 Å². The molecule has 0 spiro atoms. The van der Waals surface area contributed by atoms with Crippen molar-refractivity contribution in [1.82, 2.24) is 9.55 Å². The van der Waals surface area contributed by atoms with Gasteiger partial charge < -0.3 is 14.0 Å². The lowest BCUT2D eigenvalue weighted by Gasteiger charge is -2.10. The highest BCUT2D eigenvalue weighted by Crippen LogP contribution is 2.28. The molecule has 170 valence electrons. The highest BCUT2D eigenvalue weighted by atomic mass is 16.5. The van der Waals surface area contributed by atoms with E-state index >= 15 is 0 Å². The van der Waals surface area contributed by atoms with Gasteiger partial charge in [0, 0.05) is 35.5 Å². The highest BCUT2D eigenvalue weighted by Gasteiger charge is 2.05. The fourth-order valence-electron chi connectivity index (χ4n) is 4.05. The van der Waals surface area contributed by atoms with Crippen molar-refractivity contribution in [3.63, 3.8) is 0 Å². The number of aromatic nitrogens is 2. The smallest absolute Gasteiger partial charge is 0.128 e. The third kappa shape index (κ3) is 5.65. The van der Waals surface area contributed by atoms with Crippen LogP contribution in [-0.4, -0.2) is 9.55 Å². The van der Waals surface area contributed by atoms with Gasteiger partial charge in [-0.05, 0) is 85.5 Å². The minimum Gasteiger partial charge on any atom is -0.489 e. The molecule has 5 aromatic rings. The molecule has 0 atom stereocenters. The molecule has 34 heavy (non-hydrogen) atoms. The van der Waals surface area contributed by atoms with E-state index in [0.29, 0.717) is 6.61 Å². The van der Waals surface area contributed by atoms with Crippen molar-refractivity contribution in [2.75, 3.05) is 0 Å². The van der Waals surface area contributed by atoms with E-state index in [1.807, 2.05) is 60.8 Å². The van der Waals surface area contributed by atoms with Gasteiger partial charge in [0.15, 0.2) is 0 Å². The topological polar surface area (TPSA) is 36.3 Å². The fraction of sp³-hybridized carbons (Fsp3) is 0.167. The van der Waals surface area contributed by atoms with Crippen molar-refractivity contribution in [2.45, 2.75) is 32.4 Å². The van der Waals surface area contributed by atoms with E-state index in [-0.39, 0.29) is 0 Å². The molecule has 0 saturated heterocycles. The second kappa shape index (κ2) is 10.7. The van der Waals surface area contributed by atoms with Gasteiger partial charge in [0.05, 0.1) is 0 Å². The Labute approximate surface area is 200 Å². The first-order valence-corrected chi connectivity index (χ1v) is 11.8. The minimum atomic E-state index is 0.553. The van der Waals surface area contributed by atoms with Crippen LogP contribution in [0.1, 0.15) is 24.1 Å². The number of rotatable bonds is 10. The van der Waals surface area contributed by atoms with Gasteiger partial charge in [-0.15, -0.1) is 0 Å². The van der Waals surface area contributed by atoms with Gasteiger partial charge in [-0.1, -0.05) is 36.4 Å². The molecule has 0 N–H and O–H groups in total. The number of aryl methyl sites for hydroxylation is 2. The standard InChI is InChI=1S/C30H28N2O2/c1-2-8-24(9-3-1)23-33-27-12-14-28(15-13-27)34-29-16-17-30-25(22-29)18-21-32(30)20-7-5-11-26-10-4-6-19-31-26/h1-4,6,8-10,12-19,21-22H,5,7,11,20,23H2. The predicted octanol–water partition coefficient (Wildman–Crippen LogP) is 7.43. The maximum atomic E-state index is 6.09. The summed E-state index contributed by atoms with van der Waals surface area (Å²) >= 11 is 0. The zero-order valence-electron chi connectivity index (χ0n) is 19.1. The second-order valence-electron chi connectivity index (χ2n) is 8.36. The molecule has 2 heterocycles. The highest BCUT2D eigenvalue weighted by molar-refractivity contribution is 5.81. The van der Waals surface area contributed by atoms with Crippen LogP contribution >= 0.6 is 0 Å². The molecule has 0 bridgehead atoms. The molecule has 4 heteroatoms. The number of pyridine rings is 1. The van der Waals surface area contributed by atoms with Gasteiger partial charge in [0.25, 0.3) is 0 Å². The summed E-state index contributed by atoms with van der Waals surface area (Å²) in [6.07, 6.45) is 7.30. The molecule has 0 radical (unpaired) electrons. The van der Waals surface area contributed by atoms with E-state index in [4.69, 9.17) is 9.47 Å². The van der Waals surface area contributed by atoms with Crippen LogP contribution in [0.25, 0.3) is 10.9 Å². The quantitative estimate of drug-likeness (QED) is 0.208. The van der Waals surface area contributed by atoms with Crippen molar-refractivity contribution in [1.29, 1.82) is 0 Å². The van der Waals surface area contributed by atoms with Gasteiger partial charge in [0.2, 0.25) is 0 Å². The molecule has 0 fully saturated rings. The lowest BCUT2D eigenvalue weighted by atomic mass is 10.2. The Morgan fingerprint density at radius 1 is 0.706 bits per heavy atom. The third-order valence-corrected chi connectivity index (χ3v) is 5.86. The second-order valence-corrected chi connectivity index (χ2v) is 8.36. The Balaban J connectivity index is 1.15. The number of benzene rings is 3. The number of ether oxygens (including phenoxy) is 2. The first kappa shape index (κ1) is 21.8. The zero-order valence-corrected chi connectivity index (χ0v) is 19.1. The molecule has 5 rings (SSSR count). The Morgan fingerprint density at radius 2 is 1.50 bits per heavy atom. The SMILES string of the molecule is c1ccc(COc2ccc(Oc3ccc4c(ccn4CCCCc4ccccn4)c3)cc2)cc1. The summed E-state index contributed by atoms with van der Waals surface area (Å²) < 4.78 is 14.3. The van der Waals surface area contributed by atoms with Crippen LogP contribution in [0.3, 0.4) is 0 Å². The van der Waals surface area contributed by atoms with Gasteiger partial charge in [0.1, 0.15) is 23.9 Å². The third-order valence-electron chi connectivity index (χ3n) is 5.86. The summed E-state index contributed by atoms with van der Waals surface area (Å²) in [5.41, 5.74) is 3.54. The Hall–Kier alpha value is -4.05. The lowest BCUT2D eigenvalue weighted by Crippen LogP contribution is -1.97. The molecular weight excluding hydrogens is 420 g/mol. The van der Waals surface area contributed by atoms with Gasteiger partial charge in [-0.2, -0.15) is 0 Å². The summed E-state index contributed by atoms with van der Waals surface area (Å²) in [4.78, 5) is 4.41. The van der Waals surface area contributed by atoms with Crippen LogP contribution in [0, 0.1) is 0 Å². The lowest BCUT2D eigenvalue weighted by molar-refractivity contribution is 0.306. The zero-order chi connectivity index (χ0) is 23.0. The number of unbranched alkanes of at least 4 members (excludes halogenated alkanes) is 1. The number of fused-ring (bicyclic) bond motifs is 1. The summed E-state index contributed by atoms with van der Waals surface area (Å²) in [5, 5.41) is 1.19. The van der Waals surface area contributed by atoms with E-state index in [0.717, 1.165) is 54.3 Å². The summed E-state index contributed by atoms with van der Waals surface area (Å²) in [7, 11) is 0. The molecule has 0 unspecified atom stereocenters. The molecule has 0 aliphatic heterocycles. The summed E-state index contributed by atoms with van der Waals surface area (Å²) in [6.45, 7) is 1.55. The van der Waals surface area contributed by atoms with Crippen LogP contribution in [0.4, 0.5) is 0 Å². The van der Waals surface area contributed by atoms with E-state index < -0.39 is 0 Å². The molecule has 4 nitrogen and oxygen atoms in total. The number of hydrogen-bond acceptors (Lipinski definition) is 3. The van der Waals surface area contributed by atoms with Crippen molar-refractivity contribution in [2.24, 2.45) is 0 Å². The number of hydrogen-bond donors (Lipinski definition) is 0. The summed E-state index contributed by atoms with van der Waals surface area (Å²) in [6, 6.07) is 32.5. The van der Waals surface area contributed by atoms with Gasteiger partial charge >= 0.3 is 0 Å². The average molecular weight is 449 g/mol. The van der Waals surface area contributed by atoms with E-state index in [1.165, 1.54) is 10.9 Å². The number of nitrogens with zero attached hydrogens (tertiary/aromatic N) is 2. The largest absolute Gasteiger partial charge is 0.489 e. The van der Waals surface area contributed by atoms with Crippen LogP contribution in [0.2, 0.25) is 0 Å². The average Bonchev–Trinajstić information content (AvgIpc) is 3.29. The normalized spacial score (nSPS) is 10.9. The summed E-state index contributed by atoms with van der Waals surface area (Å²) in [5.74, 6) is 2.45. The molecule has 0 aliphatic rings. The fourth-order valence-corrected chi connectivity index (χ4v) is 4.05. The first-order valence-electron chi connectivity index (χ1n) is 11.8. The predicted molar refractivity (Wildman–Crippen MR) is 136 cm³/mol. The first-order chi connectivity index (χ1) is 16.8. The van der Waals surface area contributed by atoms with Crippen molar-refractivity contribution < 1.29 is 9.47 Å². The maximum Gasteiger partial charge on any atom is 0.128 e. The Morgan fingerprint density at radius 3 is 2.32 bits per heavy atom. The van der Waals surface area contributed by atoms with E-state index in [1.54, 1.807) is 0 Å². The molecule has 2 aromatic heterocycles. The van der Waals surface area contributed by atoms with E-state index in [9.17, 15) is 0 Å². The van der Waals surface area contributed by atoms with E-state index in [2.05, 4.69) is 58.2 Å². The minimum absolute atomic E-state index is 0.553. The molecule has 0 amide bonds. The Kier molecular flexibility index (Phi) is 6.86. The van der Waals surface area contributed by atoms with Gasteiger partial charge in [-0.25, -0.2) is 0 Å². The maximum absolute atomic E-state index is 6.09. The molecular formula is C30H28N2O2. The molecule has 0 saturated carbocycles. The van der Waals surface area contributed by atoms with Crippen LogP contribution in [0.15, 0.2) is 109 Å². The van der Waals surface area contributed by atoms with Crippen LogP contribution < -0.4 is 9.47 Å². The van der Waals surface area contributed by atoms with Crippen molar-refractivity contribution in [3.05, 3.63) is 121 Å². The van der Waals surface area contributed by atoms with Crippen molar-refractivity contribution in [3.8, 4) is 17.2 Å². The molecule has 0 aliphatic carbocycles. The Bertz CT molecular complexity index is 1310. The monoisotopic (exact) mass is 448 g/mol. The molecule has 3 aromatic carbocycles. The van der Waals surface area contributed by atoms with Crippen LogP contribution in [-0.2, 0) is 19.6 Å². The van der Waals surface area contributed by atoms with Crippen LogP contribution in [0.5, 0.6) is 17.2 Å². The van der Waals surface area contributed by atoms with Crippen molar-refractivity contribution >= 4 is 10.9 Å².